The molecule has 1 fully saturated rings. The average molecular weight is 256 g/mol. The van der Waals surface area contributed by atoms with Gasteiger partial charge in [0.15, 0.2) is 0 Å². The summed E-state index contributed by atoms with van der Waals surface area (Å²) in [5, 5.41) is 11.8. The second kappa shape index (κ2) is 7.36. The Morgan fingerprint density at radius 2 is 1.83 bits per heavy atom. The summed E-state index contributed by atoms with van der Waals surface area (Å²) in [6.45, 7) is 4.96. The van der Waals surface area contributed by atoms with Crippen molar-refractivity contribution in [2.45, 2.75) is 58.1 Å². The van der Waals surface area contributed by atoms with E-state index in [2.05, 4.69) is 5.32 Å². The minimum absolute atomic E-state index is 0.0000898. The van der Waals surface area contributed by atoms with Gasteiger partial charge in [-0.05, 0) is 39.5 Å². The van der Waals surface area contributed by atoms with Gasteiger partial charge in [-0.15, -0.1) is 0 Å². The van der Waals surface area contributed by atoms with Crippen molar-refractivity contribution in [1.29, 1.82) is 0 Å². The molecule has 0 radical (unpaired) electrons. The molecule has 2 N–H and O–H groups in total. The van der Waals surface area contributed by atoms with Crippen LogP contribution in [0.15, 0.2) is 0 Å². The SMILES string of the molecule is CC(O)CCC(=O)NC(C)C(=O)N1CCCCC1. The van der Waals surface area contributed by atoms with Crippen LogP contribution in [0, 0.1) is 0 Å². The van der Waals surface area contributed by atoms with Gasteiger partial charge >= 0.3 is 0 Å². The standard InChI is InChI=1S/C13H24N2O3/c1-10(16)6-7-12(17)14-11(2)13(18)15-8-4-3-5-9-15/h10-11,16H,3-9H2,1-2H3,(H,14,17). The second-order valence-corrected chi connectivity index (χ2v) is 5.06. The van der Waals surface area contributed by atoms with E-state index in [-0.39, 0.29) is 18.2 Å². The third-order valence-corrected chi connectivity index (χ3v) is 3.20. The third-order valence-electron chi connectivity index (χ3n) is 3.20. The monoisotopic (exact) mass is 256 g/mol. The molecule has 2 atom stereocenters. The fraction of sp³-hybridized carbons (Fsp3) is 0.846. The molecule has 5 nitrogen and oxygen atoms in total. The number of amides is 2. The van der Waals surface area contributed by atoms with E-state index in [1.165, 1.54) is 6.42 Å². The largest absolute Gasteiger partial charge is 0.393 e. The number of aliphatic hydroxyl groups excluding tert-OH is 1. The molecule has 1 aliphatic heterocycles. The zero-order valence-corrected chi connectivity index (χ0v) is 11.3. The number of hydrogen-bond donors (Lipinski definition) is 2. The van der Waals surface area contributed by atoms with Crippen LogP contribution in [-0.4, -0.2) is 47.1 Å². The molecular formula is C13H24N2O3. The molecule has 1 aliphatic rings. The Balaban J connectivity index is 2.32. The van der Waals surface area contributed by atoms with Crippen molar-refractivity contribution in [1.82, 2.24) is 10.2 Å². The highest BCUT2D eigenvalue weighted by Crippen LogP contribution is 2.10. The number of nitrogens with zero attached hydrogens (tertiary/aromatic N) is 1. The van der Waals surface area contributed by atoms with Crippen LogP contribution in [0.25, 0.3) is 0 Å². The number of piperidine rings is 1. The van der Waals surface area contributed by atoms with Crippen molar-refractivity contribution >= 4 is 11.8 Å². The minimum atomic E-state index is -0.483. The molecule has 18 heavy (non-hydrogen) atoms. The zero-order chi connectivity index (χ0) is 13.5. The maximum Gasteiger partial charge on any atom is 0.244 e. The Kier molecular flexibility index (Phi) is 6.12. The van der Waals surface area contributed by atoms with Gasteiger partial charge in [-0.1, -0.05) is 0 Å². The number of rotatable bonds is 5. The first kappa shape index (κ1) is 15.0. The van der Waals surface area contributed by atoms with Gasteiger partial charge in [0.1, 0.15) is 6.04 Å². The van der Waals surface area contributed by atoms with E-state index in [4.69, 9.17) is 5.11 Å². The molecule has 0 aromatic carbocycles. The third kappa shape index (κ3) is 5.04. The molecule has 2 unspecified atom stereocenters. The molecule has 0 aromatic heterocycles. The summed E-state index contributed by atoms with van der Waals surface area (Å²) in [5.41, 5.74) is 0. The number of hydrogen-bond acceptors (Lipinski definition) is 3. The van der Waals surface area contributed by atoms with Crippen LogP contribution in [0.3, 0.4) is 0 Å². The molecule has 0 spiro atoms. The summed E-state index contributed by atoms with van der Waals surface area (Å²) < 4.78 is 0. The minimum Gasteiger partial charge on any atom is -0.393 e. The normalized spacial score (nSPS) is 19.2. The van der Waals surface area contributed by atoms with Gasteiger partial charge in [-0.2, -0.15) is 0 Å². The fourth-order valence-electron chi connectivity index (χ4n) is 2.10. The zero-order valence-electron chi connectivity index (χ0n) is 11.3. The van der Waals surface area contributed by atoms with Crippen LogP contribution < -0.4 is 5.32 Å². The first-order valence-electron chi connectivity index (χ1n) is 6.77. The maximum absolute atomic E-state index is 12.0. The fourth-order valence-corrected chi connectivity index (χ4v) is 2.10. The van der Waals surface area contributed by atoms with Crippen LogP contribution in [0.4, 0.5) is 0 Å². The number of carbonyl (C=O) groups excluding carboxylic acids is 2. The van der Waals surface area contributed by atoms with Crippen molar-refractivity contribution in [3.63, 3.8) is 0 Å². The number of likely N-dealkylation sites (tertiary alicyclic amines) is 1. The van der Waals surface area contributed by atoms with E-state index in [1.807, 2.05) is 4.90 Å². The lowest BCUT2D eigenvalue weighted by Crippen LogP contribution is -2.48. The molecule has 1 rings (SSSR count). The van der Waals surface area contributed by atoms with Crippen molar-refractivity contribution in [2.75, 3.05) is 13.1 Å². The van der Waals surface area contributed by atoms with Crippen LogP contribution in [-0.2, 0) is 9.59 Å². The van der Waals surface area contributed by atoms with Crippen LogP contribution in [0.5, 0.6) is 0 Å². The number of nitrogens with one attached hydrogen (secondary N) is 1. The van der Waals surface area contributed by atoms with E-state index in [9.17, 15) is 9.59 Å². The van der Waals surface area contributed by atoms with Crippen molar-refractivity contribution in [3.05, 3.63) is 0 Å². The van der Waals surface area contributed by atoms with Gasteiger partial charge in [0.2, 0.25) is 11.8 Å². The highest BCUT2D eigenvalue weighted by Gasteiger charge is 2.23. The second-order valence-electron chi connectivity index (χ2n) is 5.06. The molecular weight excluding hydrogens is 232 g/mol. The summed E-state index contributed by atoms with van der Waals surface area (Å²) in [7, 11) is 0. The van der Waals surface area contributed by atoms with Gasteiger partial charge in [-0.3, -0.25) is 9.59 Å². The van der Waals surface area contributed by atoms with Gasteiger partial charge in [-0.25, -0.2) is 0 Å². The van der Waals surface area contributed by atoms with Crippen LogP contribution >= 0.6 is 0 Å². The predicted molar refractivity (Wildman–Crippen MR) is 69.0 cm³/mol. The molecule has 0 saturated carbocycles. The summed E-state index contributed by atoms with van der Waals surface area (Å²) in [5.74, 6) is -0.172. The lowest BCUT2D eigenvalue weighted by atomic mass is 10.1. The predicted octanol–water partition coefficient (Wildman–Crippen LogP) is 0.665. The summed E-state index contributed by atoms with van der Waals surface area (Å²) >= 11 is 0. The maximum atomic E-state index is 12.0. The number of aliphatic hydroxyl groups is 1. The first-order chi connectivity index (χ1) is 8.50. The smallest absolute Gasteiger partial charge is 0.244 e. The first-order valence-corrected chi connectivity index (χ1v) is 6.77. The Bertz CT molecular complexity index is 286. The Morgan fingerprint density at radius 3 is 2.39 bits per heavy atom. The van der Waals surface area contributed by atoms with Gasteiger partial charge in [0.05, 0.1) is 6.10 Å². The van der Waals surface area contributed by atoms with Crippen LogP contribution in [0.1, 0.15) is 46.0 Å². The summed E-state index contributed by atoms with van der Waals surface area (Å²) in [6.07, 6.45) is 3.48. The molecule has 0 aliphatic carbocycles. The Hall–Kier alpha value is -1.10. The average Bonchev–Trinajstić information content (AvgIpc) is 2.36. The van der Waals surface area contributed by atoms with Crippen LogP contribution in [0.2, 0.25) is 0 Å². The highest BCUT2D eigenvalue weighted by atomic mass is 16.3. The quantitative estimate of drug-likeness (QED) is 0.759. The molecule has 1 heterocycles. The molecule has 0 bridgehead atoms. The van der Waals surface area contributed by atoms with E-state index in [1.54, 1.807) is 13.8 Å². The van der Waals surface area contributed by atoms with Gasteiger partial charge in [0.25, 0.3) is 0 Å². The van der Waals surface area contributed by atoms with E-state index in [0.29, 0.717) is 6.42 Å². The summed E-state index contributed by atoms with van der Waals surface area (Å²) in [4.78, 5) is 25.4. The molecule has 0 aromatic rings. The van der Waals surface area contributed by atoms with Crippen molar-refractivity contribution in [3.8, 4) is 0 Å². The van der Waals surface area contributed by atoms with E-state index < -0.39 is 12.1 Å². The summed E-state index contributed by atoms with van der Waals surface area (Å²) in [6, 6.07) is -0.468. The van der Waals surface area contributed by atoms with Gasteiger partial charge < -0.3 is 15.3 Å². The Morgan fingerprint density at radius 1 is 1.22 bits per heavy atom. The van der Waals surface area contributed by atoms with Gasteiger partial charge in [0, 0.05) is 19.5 Å². The van der Waals surface area contributed by atoms with Crippen molar-refractivity contribution in [2.24, 2.45) is 0 Å². The number of carbonyl (C=O) groups is 2. The molecule has 2 amide bonds. The lowest BCUT2D eigenvalue weighted by molar-refractivity contribution is -0.136. The van der Waals surface area contributed by atoms with E-state index >= 15 is 0 Å². The lowest BCUT2D eigenvalue weighted by Gasteiger charge is -2.29. The highest BCUT2D eigenvalue weighted by molar-refractivity contribution is 5.87. The topological polar surface area (TPSA) is 69.6 Å². The Labute approximate surface area is 109 Å². The van der Waals surface area contributed by atoms with E-state index in [0.717, 1.165) is 25.9 Å². The molecule has 1 saturated heterocycles. The molecule has 5 heteroatoms. The molecule has 104 valence electrons. The van der Waals surface area contributed by atoms with Crippen molar-refractivity contribution < 1.29 is 14.7 Å².